The van der Waals surface area contributed by atoms with Crippen LogP contribution in [0.2, 0.25) is 0 Å². The number of nitrogens with zero attached hydrogens (tertiary/aromatic N) is 1. The van der Waals surface area contributed by atoms with Crippen LogP contribution < -0.4 is 5.32 Å². The van der Waals surface area contributed by atoms with E-state index >= 15 is 0 Å². The standard InChI is InChI=1S/C19H24N2O2/c22-19(18-12-11-15-7-5-6-10-17(15)21-18)20-13-14-23-16-8-3-1-2-4-9-16/h5-7,10-12,16H,1-4,8-9,13-14H2,(H,20,22). The zero-order valence-electron chi connectivity index (χ0n) is 13.5. The maximum absolute atomic E-state index is 12.2. The predicted molar refractivity (Wildman–Crippen MR) is 91.5 cm³/mol. The number of carbonyl (C=O) groups excluding carboxylic acids is 1. The highest BCUT2D eigenvalue weighted by molar-refractivity contribution is 5.94. The first kappa shape index (κ1) is 15.9. The fourth-order valence-corrected chi connectivity index (χ4v) is 3.08. The summed E-state index contributed by atoms with van der Waals surface area (Å²) in [5, 5.41) is 3.93. The molecule has 1 amide bonds. The van der Waals surface area contributed by atoms with Gasteiger partial charge in [-0.25, -0.2) is 4.98 Å². The summed E-state index contributed by atoms with van der Waals surface area (Å²) in [6.45, 7) is 1.10. The fourth-order valence-electron chi connectivity index (χ4n) is 3.08. The summed E-state index contributed by atoms with van der Waals surface area (Å²) < 4.78 is 5.88. The van der Waals surface area contributed by atoms with Crippen molar-refractivity contribution < 1.29 is 9.53 Å². The van der Waals surface area contributed by atoms with Gasteiger partial charge in [0.05, 0.1) is 18.2 Å². The second-order valence-corrected chi connectivity index (χ2v) is 6.13. The molecule has 122 valence electrons. The topological polar surface area (TPSA) is 51.2 Å². The van der Waals surface area contributed by atoms with Crippen LogP contribution in [0.3, 0.4) is 0 Å². The van der Waals surface area contributed by atoms with E-state index in [1.165, 1.54) is 25.7 Å². The summed E-state index contributed by atoms with van der Waals surface area (Å²) in [4.78, 5) is 16.6. The molecule has 23 heavy (non-hydrogen) atoms. The lowest BCUT2D eigenvalue weighted by molar-refractivity contribution is 0.0441. The molecule has 1 heterocycles. The van der Waals surface area contributed by atoms with Crippen molar-refractivity contribution in [3.63, 3.8) is 0 Å². The van der Waals surface area contributed by atoms with Gasteiger partial charge in [-0.3, -0.25) is 4.79 Å². The third-order valence-electron chi connectivity index (χ3n) is 4.37. The molecule has 4 heteroatoms. The van der Waals surface area contributed by atoms with Crippen LogP contribution >= 0.6 is 0 Å². The first-order chi connectivity index (χ1) is 11.3. The molecule has 0 radical (unpaired) electrons. The number of aromatic nitrogens is 1. The van der Waals surface area contributed by atoms with Crippen LogP contribution in [-0.2, 0) is 4.74 Å². The van der Waals surface area contributed by atoms with E-state index in [9.17, 15) is 4.79 Å². The van der Waals surface area contributed by atoms with Gasteiger partial charge in [0.15, 0.2) is 0 Å². The minimum Gasteiger partial charge on any atom is -0.376 e. The molecule has 3 rings (SSSR count). The number of para-hydroxylation sites is 1. The van der Waals surface area contributed by atoms with E-state index in [2.05, 4.69) is 10.3 Å². The lowest BCUT2D eigenvalue weighted by Crippen LogP contribution is -2.29. The van der Waals surface area contributed by atoms with E-state index in [-0.39, 0.29) is 5.91 Å². The van der Waals surface area contributed by atoms with Gasteiger partial charge in [-0.2, -0.15) is 0 Å². The first-order valence-corrected chi connectivity index (χ1v) is 8.58. The number of amides is 1. The molecule has 0 atom stereocenters. The zero-order valence-corrected chi connectivity index (χ0v) is 13.5. The van der Waals surface area contributed by atoms with Gasteiger partial charge in [-0.15, -0.1) is 0 Å². The van der Waals surface area contributed by atoms with Crippen molar-refractivity contribution in [2.75, 3.05) is 13.2 Å². The number of fused-ring (bicyclic) bond motifs is 1. The molecule has 1 aromatic carbocycles. The Morgan fingerprint density at radius 2 is 1.87 bits per heavy atom. The summed E-state index contributed by atoms with van der Waals surface area (Å²) in [5.74, 6) is -0.139. The molecule has 1 fully saturated rings. The van der Waals surface area contributed by atoms with Gasteiger partial charge in [-0.1, -0.05) is 49.9 Å². The minimum atomic E-state index is -0.139. The third-order valence-corrected chi connectivity index (χ3v) is 4.37. The van der Waals surface area contributed by atoms with E-state index in [1.54, 1.807) is 6.07 Å². The van der Waals surface area contributed by atoms with Crippen LogP contribution in [0.4, 0.5) is 0 Å². The number of benzene rings is 1. The summed E-state index contributed by atoms with van der Waals surface area (Å²) >= 11 is 0. The quantitative estimate of drug-likeness (QED) is 0.676. The molecule has 0 spiro atoms. The number of ether oxygens (including phenoxy) is 1. The number of rotatable bonds is 5. The molecule has 0 bridgehead atoms. The summed E-state index contributed by atoms with van der Waals surface area (Å²) in [5.41, 5.74) is 1.30. The smallest absolute Gasteiger partial charge is 0.269 e. The second kappa shape index (κ2) is 8.06. The van der Waals surface area contributed by atoms with E-state index in [1.807, 2.05) is 30.3 Å². The van der Waals surface area contributed by atoms with E-state index < -0.39 is 0 Å². The van der Waals surface area contributed by atoms with E-state index in [0.717, 1.165) is 23.7 Å². The molecular formula is C19H24N2O2. The average Bonchev–Trinajstić information content (AvgIpc) is 2.87. The van der Waals surface area contributed by atoms with E-state index in [0.29, 0.717) is 24.9 Å². The summed E-state index contributed by atoms with van der Waals surface area (Å²) in [7, 11) is 0. The van der Waals surface area contributed by atoms with Crippen molar-refractivity contribution in [2.24, 2.45) is 0 Å². The molecule has 1 N–H and O–H groups in total. The van der Waals surface area contributed by atoms with Crippen molar-refractivity contribution in [3.8, 4) is 0 Å². The van der Waals surface area contributed by atoms with Crippen molar-refractivity contribution in [1.82, 2.24) is 10.3 Å². The minimum absolute atomic E-state index is 0.139. The van der Waals surface area contributed by atoms with Crippen LogP contribution in [-0.4, -0.2) is 30.1 Å². The lowest BCUT2D eigenvalue weighted by Gasteiger charge is -2.15. The molecular weight excluding hydrogens is 288 g/mol. The third kappa shape index (κ3) is 4.52. The Morgan fingerprint density at radius 3 is 2.70 bits per heavy atom. The fraction of sp³-hybridized carbons (Fsp3) is 0.474. The zero-order chi connectivity index (χ0) is 15.9. The highest BCUT2D eigenvalue weighted by atomic mass is 16.5. The van der Waals surface area contributed by atoms with Gasteiger partial charge in [0.1, 0.15) is 5.69 Å². The van der Waals surface area contributed by atoms with Gasteiger partial charge < -0.3 is 10.1 Å². The Hall–Kier alpha value is -1.94. The van der Waals surface area contributed by atoms with Crippen LogP contribution in [0, 0.1) is 0 Å². The van der Waals surface area contributed by atoms with Crippen molar-refractivity contribution >= 4 is 16.8 Å². The van der Waals surface area contributed by atoms with E-state index in [4.69, 9.17) is 4.74 Å². The number of pyridine rings is 1. The maximum atomic E-state index is 12.2. The van der Waals surface area contributed by atoms with Crippen molar-refractivity contribution in [3.05, 3.63) is 42.1 Å². The van der Waals surface area contributed by atoms with Gasteiger partial charge in [0.2, 0.25) is 0 Å². The highest BCUT2D eigenvalue weighted by Gasteiger charge is 2.13. The highest BCUT2D eigenvalue weighted by Crippen LogP contribution is 2.19. The number of carbonyl (C=O) groups is 1. The SMILES string of the molecule is O=C(NCCOC1CCCCCC1)c1ccc2ccccc2n1. The number of nitrogens with one attached hydrogen (secondary N) is 1. The molecule has 0 saturated heterocycles. The predicted octanol–water partition coefficient (Wildman–Crippen LogP) is 3.70. The number of hydrogen-bond acceptors (Lipinski definition) is 3. The van der Waals surface area contributed by atoms with Crippen molar-refractivity contribution in [1.29, 1.82) is 0 Å². The Labute approximate surface area is 137 Å². The molecule has 0 unspecified atom stereocenters. The van der Waals surface area contributed by atoms with Crippen LogP contribution in [0.25, 0.3) is 10.9 Å². The monoisotopic (exact) mass is 312 g/mol. The average molecular weight is 312 g/mol. The molecule has 1 aromatic heterocycles. The molecule has 2 aromatic rings. The summed E-state index contributed by atoms with van der Waals surface area (Å²) in [6, 6.07) is 11.5. The molecule has 1 aliphatic rings. The molecule has 1 saturated carbocycles. The number of hydrogen-bond donors (Lipinski definition) is 1. The lowest BCUT2D eigenvalue weighted by atomic mass is 10.1. The van der Waals surface area contributed by atoms with Gasteiger partial charge in [-0.05, 0) is 25.0 Å². The van der Waals surface area contributed by atoms with Crippen LogP contribution in [0.15, 0.2) is 36.4 Å². The second-order valence-electron chi connectivity index (χ2n) is 6.13. The maximum Gasteiger partial charge on any atom is 0.269 e. The Morgan fingerprint density at radius 1 is 1.09 bits per heavy atom. The van der Waals surface area contributed by atoms with Crippen molar-refractivity contribution in [2.45, 2.75) is 44.6 Å². The molecule has 4 nitrogen and oxygen atoms in total. The van der Waals surface area contributed by atoms with Gasteiger partial charge in [0.25, 0.3) is 5.91 Å². The Kier molecular flexibility index (Phi) is 5.59. The van der Waals surface area contributed by atoms with Crippen LogP contribution in [0.5, 0.6) is 0 Å². The largest absolute Gasteiger partial charge is 0.376 e. The normalized spacial score (nSPS) is 16.2. The van der Waals surface area contributed by atoms with Gasteiger partial charge in [0, 0.05) is 11.9 Å². The molecule has 0 aliphatic heterocycles. The van der Waals surface area contributed by atoms with Gasteiger partial charge >= 0.3 is 0 Å². The Bertz CT molecular complexity index is 649. The summed E-state index contributed by atoms with van der Waals surface area (Å²) in [6.07, 6.45) is 7.85. The molecule has 1 aliphatic carbocycles. The first-order valence-electron chi connectivity index (χ1n) is 8.58. The van der Waals surface area contributed by atoms with Crippen LogP contribution in [0.1, 0.15) is 49.0 Å². The Balaban J connectivity index is 1.46.